The summed E-state index contributed by atoms with van der Waals surface area (Å²) < 4.78 is 29.1. The van der Waals surface area contributed by atoms with Crippen LogP contribution in [0.3, 0.4) is 0 Å². The molecular weight excluding hydrogens is 378 g/mol. The molecule has 0 aliphatic carbocycles. The van der Waals surface area contributed by atoms with E-state index in [9.17, 15) is 18.4 Å². The number of carbonyl (C=O) groups excluding carboxylic acids is 2. The van der Waals surface area contributed by atoms with Crippen molar-refractivity contribution in [3.63, 3.8) is 0 Å². The number of hydrogen-bond acceptors (Lipinski definition) is 3. The summed E-state index contributed by atoms with van der Waals surface area (Å²) >= 11 is 0. The summed E-state index contributed by atoms with van der Waals surface area (Å²) in [5.74, 6) is -2.80. The fourth-order valence-electron chi connectivity index (χ4n) is 2.86. The standard InChI is InChI=1S/C21H20F2N4O2/c1-3-26(13-19(28)25-20-17(22)5-4-6-18(20)23)21(29)15-7-9-16(10-8-15)27-14(2)11-12-24-27/h4-12H,3,13H2,1-2H3,(H,25,28). The van der Waals surface area contributed by atoms with Crippen molar-refractivity contribution in [2.75, 3.05) is 18.4 Å². The molecule has 0 saturated heterocycles. The van der Waals surface area contributed by atoms with Gasteiger partial charge in [-0.1, -0.05) is 6.07 Å². The maximum atomic E-state index is 13.7. The molecule has 0 spiro atoms. The van der Waals surface area contributed by atoms with Gasteiger partial charge in [-0.05, 0) is 56.3 Å². The molecule has 0 atom stereocenters. The van der Waals surface area contributed by atoms with Gasteiger partial charge in [-0.3, -0.25) is 9.59 Å². The lowest BCUT2D eigenvalue weighted by molar-refractivity contribution is -0.116. The van der Waals surface area contributed by atoms with Crippen LogP contribution in [0.1, 0.15) is 23.0 Å². The first-order valence-corrected chi connectivity index (χ1v) is 9.05. The number of benzene rings is 2. The van der Waals surface area contributed by atoms with Crippen molar-refractivity contribution >= 4 is 17.5 Å². The maximum Gasteiger partial charge on any atom is 0.254 e. The second kappa shape index (κ2) is 8.64. The molecule has 2 amide bonds. The Morgan fingerprint density at radius 2 is 1.72 bits per heavy atom. The fourth-order valence-corrected chi connectivity index (χ4v) is 2.86. The third-order valence-corrected chi connectivity index (χ3v) is 4.42. The smallest absolute Gasteiger partial charge is 0.254 e. The van der Waals surface area contributed by atoms with Gasteiger partial charge in [0.2, 0.25) is 5.91 Å². The van der Waals surface area contributed by atoms with E-state index in [1.165, 1.54) is 11.0 Å². The van der Waals surface area contributed by atoms with Gasteiger partial charge in [-0.25, -0.2) is 13.5 Å². The minimum Gasteiger partial charge on any atom is -0.330 e. The van der Waals surface area contributed by atoms with Crippen LogP contribution in [0.5, 0.6) is 0 Å². The topological polar surface area (TPSA) is 67.2 Å². The lowest BCUT2D eigenvalue weighted by Gasteiger charge is -2.21. The normalized spacial score (nSPS) is 10.6. The Balaban J connectivity index is 1.70. The highest BCUT2D eigenvalue weighted by molar-refractivity contribution is 5.99. The minimum atomic E-state index is -0.878. The van der Waals surface area contributed by atoms with Crippen LogP contribution >= 0.6 is 0 Å². The van der Waals surface area contributed by atoms with Crippen molar-refractivity contribution in [3.8, 4) is 5.69 Å². The van der Waals surface area contributed by atoms with E-state index in [4.69, 9.17) is 0 Å². The van der Waals surface area contributed by atoms with E-state index in [2.05, 4.69) is 10.4 Å². The summed E-state index contributed by atoms with van der Waals surface area (Å²) in [4.78, 5) is 26.3. The van der Waals surface area contributed by atoms with Gasteiger partial charge in [0.25, 0.3) is 5.91 Å². The zero-order valence-corrected chi connectivity index (χ0v) is 16.0. The number of amides is 2. The molecule has 0 fully saturated rings. The number of likely N-dealkylation sites (N-methyl/N-ethyl adjacent to an activating group) is 1. The van der Waals surface area contributed by atoms with Crippen molar-refractivity contribution in [2.45, 2.75) is 13.8 Å². The van der Waals surface area contributed by atoms with E-state index in [0.29, 0.717) is 5.56 Å². The molecule has 2 aromatic carbocycles. The van der Waals surface area contributed by atoms with Gasteiger partial charge in [0, 0.05) is 24.0 Å². The number of para-hydroxylation sites is 1. The Morgan fingerprint density at radius 3 is 2.28 bits per heavy atom. The highest BCUT2D eigenvalue weighted by atomic mass is 19.1. The SMILES string of the molecule is CCN(CC(=O)Nc1c(F)cccc1F)C(=O)c1ccc(-n2nccc2C)cc1. The first-order chi connectivity index (χ1) is 13.9. The number of nitrogens with zero attached hydrogens (tertiary/aromatic N) is 3. The van der Waals surface area contributed by atoms with Crippen molar-refractivity contribution in [2.24, 2.45) is 0 Å². The Morgan fingerprint density at radius 1 is 1.07 bits per heavy atom. The molecule has 0 aliphatic heterocycles. The molecule has 1 N–H and O–H groups in total. The summed E-state index contributed by atoms with van der Waals surface area (Å²) in [6.45, 7) is 3.56. The molecule has 6 nitrogen and oxygen atoms in total. The van der Waals surface area contributed by atoms with Crippen LogP contribution in [0.25, 0.3) is 5.69 Å². The van der Waals surface area contributed by atoms with Gasteiger partial charge >= 0.3 is 0 Å². The number of hydrogen-bond donors (Lipinski definition) is 1. The van der Waals surface area contributed by atoms with E-state index < -0.39 is 23.2 Å². The third-order valence-electron chi connectivity index (χ3n) is 4.42. The number of anilines is 1. The van der Waals surface area contributed by atoms with Gasteiger partial charge in [-0.2, -0.15) is 5.10 Å². The number of nitrogens with one attached hydrogen (secondary N) is 1. The quantitative estimate of drug-likeness (QED) is 0.690. The summed E-state index contributed by atoms with van der Waals surface area (Å²) in [5.41, 5.74) is 1.63. The minimum absolute atomic E-state index is 0.256. The highest BCUT2D eigenvalue weighted by Gasteiger charge is 2.19. The number of halogens is 2. The molecule has 150 valence electrons. The van der Waals surface area contributed by atoms with Crippen LogP contribution < -0.4 is 5.32 Å². The molecule has 0 unspecified atom stereocenters. The maximum absolute atomic E-state index is 13.7. The molecule has 8 heteroatoms. The largest absolute Gasteiger partial charge is 0.330 e. The first kappa shape index (κ1) is 20.2. The van der Waals surface area contributed by atoms with Crippen LogP contribution in [0.2, 0.25) is 0 Å². The molecule has 0 aliphatic rings. The lowest BCUT2D eigenvalue weighted by atomic mass is 10.1. The molecule has 3 rings (SSSR count). The second-order valence-corrected chi connectivity index (χ2v) is 6.40. The molecule has 1 heterocycles. The predicted octanol–water partition coefficient (Wildman–Crippen LogP) is 3.56. The van der Waals surface area contributed by atoms with Crippen LogP contribution in [0, 0.1) is 18.6 Å². The van der Waals surface area contributed by atoms with E-state index in [1.54, 1.807) is 42.1 Å². The number of rotatable bonds is 6. The van der Waals surface area contributed by atoms with Crippen LogP contribution in [0.15, 0.2) is 54.7 Å². The van der Waals surface area contributed by atoms with Crippen molar-refractivity contribution in [3.05, 3.63) is 77.6 Å². The van der Waals surface area contributed by atoms with E-state index in [0.717, 1.165) is 23.5 Å². The average Bonchev–Trinajstić information content (AvgIpc) is 3.14. The van der Waals surface area contributed by atoms with Crippen molar-refractivity contribution < 1.29 is 18.4 Å². The van der Waals surface area contributed by atoms with Crippen molar-refractivity contribution in [1.29, 1.82) is 0 Å². The van der Waals surface area contributed by atoms with Gasteiger partial charge in [0.1, 0.15) is 23.9 Å². The summed E-state index contributed by atoms with van der Waals surface area (Å²) in [7, 11) is 0. The van der Waals surface area contributed by atoms with Gasteiger partial charge in [0.05, 0.1) is 5.69 Å². The Hall–Kier alpha value is -3.55. The lowest BCUT2D eigenvalue weighted by Crippen LogP contribution is -2.38. The number of carbonyl (C=O) groups is 2. The van der Waals surface area contributed by atoms with Crippen LogP contribution in [-0.4, -0.2) is 39.6 Å². The predicted molar refractivity (Wildman–Crippen MR) is 105 cm³/mol. The van der Waals surface area contributed by atoms with Gasteiger partial charge in [-0.15, -0.1) is 0 Å². The summed E-state index contributed by atoms with van der Waals surface area (Å²) in [6.07, 6.45) is 1.68. The molecule has 1 aromatic heterocycles. The summed E-state index contributed by atoms with van der Waals surface area (Å²) in [5, 5.41) is 6.40. The van der Waals surface area contributed by atoms with E-state index in [1.807, 2.05) is 13.0 Å². The van der Waals surface area contributed by atoms with Gasteiger partial charge in [0.15, 0.2) is 0 Å². The monoisotopic (exact) mass is 398 g/mol. The third kappa shape index (κ3) is 4.48. The fraction of sp³-hybridized carbons (Fsp3) is 0.190. The average molecular weight is 398 g/mol. The molecule has 3 aromatic rings. The molecular formula is C21H20F2N4O2. The molecule has 0 radical (unpaired) electrons. The first-order valence-electron chi connectivity index (χ1n) is 9.05. The zero-order chi connectivity index (χ0) is 21.0. The second-order valence-electron chi connectivity index (χ2n) is 6.40. The molecule has 29 heavy (non-hydrogen) atoms. The number of aromatic nitrogens is 2. The Kier molecular flexibility index (Phi) is 6.01. The van der Waals surface area contributed by atoms with Crippen LogP contribution in [0.4, 0.5) is 14.5 Å². The Labute approximate surface area is 166 Å². The van der Waals surface area contributed by atoms with E-state index in [-0.39, 0.29) is 19.0 Å². The zero-order valence-electron chi connectivity index (χ0n) is 16.0. The summed E-state index contributed by atoms with van der Waals surface area (Å²) in [6, 6.07) is 12.0. The Bertz CT molecular complexity index is 1010. The van der Waals surface area contributed by atoms with Crippen LogP contribution in [-0.2, 0) is 4.79 Å². The van der Waals surface area contributed by atoms with Gasteiger partial charge < -0.3 is 10.2 Å². The molecule has 0 saturated carbocycles. The van der Waals surface area contributed by atoms with Crippen molar-refractivity contribution in [1.82, 2.24) is 14.7 Å². The highest BCUT2D eigenvalue weighted by Crippen LogP contribution is 2.18. The van der Waals surface area contributed by atoms with E-state index >= 15 is 0 Å². The number of aryl methyl sites for hydroxylation is 1. The molecule has 0 bridgehead atoms.